The molecule has 0 spiro atoms. The Morgan fingerprint density at radius 3 is 2.80 bits per heavy atom. The Hall–Kier alpha value is -1.11. The molecule has 0 saturated carbocycles. The van der Waals surface area contributed by atoms with Crippen molar-refractivity contribution in [1.29, 1.82) is 0 Å². The topological polar surface area (TPSA) is 67.6 Å². The van der Waals surface area contributed by atoms with Crippen LogP contribution in [0.25, 0.3) is 0 Å². The van der Waals surface area contributed by atoms with Crippen LogP contribution in [-0.2, 0) is 23.1 Å². The summed E-state index contributed by atoms with van der Waals surface area (Å²) in [6.07, 6.45) is 0. The van der Waals surface area contributed by atoms with Crippen LogP contribution in [0.3, 0.4) is 0 Å². The molecule has 112 valence electrons. The van der Waals surface area contributed by atoms with Crippen molar-refractivity contribution in [2.45, 2.75) is 26.4 Å². The minimum absolute atomic E-state index is 0.122. The number of aryl methyl sites for hydroxylation is 2. The second-order valence-electron chi connectivity index (χ2n) is 5.08. The first-order valence-electron chi connectivity index (χ1n) is 6.68. The molecule has 2 heterocycles. The lowest BCUT2D eigenvalue weighted by atomic mass is 10.0. The van der Waals surface area contributed by atoms with E-state index in [1.54, 1.807) is 4.68 Å². The number of aliphatic carboxylic acids is 1. The summed E-state index contributed by atoms with van der Waals surface area (Å²) in [6.45, 7) is 5.89. The molecule has 1 aromatic heterocycles. The van der Waals surface area contributed by atoms with E-state index in [0.717, 1.165) is 17.9 Å². The van der Waals surface area contributed by atoms with Crippen molar-refractivity contribution < 1.29 is 14.6 Å². The molecule has 1 fully saturated rings. The summed E-state index contributed by atoms with van der Waals surface area (Å²) < 4.78 is 7.10. The molecule has 1 aliphatic heterocycles. The molecular formula is C13H20ClN3O3. The minimum Gasteiger partial charge on any atom is -0.481 e. The van der Waals surface area contributed by atoms with Crippen LogP contribution in [0.1, 0.15) is 18.3 Å². The molecule has 2 atom stereocenters. The van der Waals surface area contributed by atoms with E-state index in [0.29, 0.717) is 18.2 Å². The van der Waals surface area contributed by atoms with Crippen LogP contribution in [0.5, 0.6) is 0 Å². The summed E-state index contributed by atoms with van der Waals surface area (Å²) in [7, 11) is 1.85. The molecule has 1 N–H and O–H groups in total. The summed E-state index contributed by atoms with van der Waals surface area (Å²) in [5.74, 6) is -1.29. The Bertz CT molecular complexity index is 503. The Morgan fingerprint density at radius 2 is 2.30 bits per heavy atom. The minimum atomic E-state index is -0.807. The molecule has 2 rings (SSSR count). The fourth-order valence-electron chi connectivity index (χ4n) is 2.65. The molecule has 6 nitrogen and oxygen atoms in total. The van der Waals surface area contributed by atoms with Crippen LogP contribution in [0.4, 0.5) is 0 Å². The van der Waals surface area contributed by atoms with Crippen molar-refractivity contribution in [2.24, 2.45) is 13.0 Å². The van der Waals surface area contributed by atoms with Crippen molar-refractivity contribution in [3.8, 4) is 0 Å². The average molecular weight is 302 g/mol. The third-order valence-corrected chi connectivity index (χ3v) is 4.35. The number of nitrogens with zero attached hydrogens (tertiary/aromatic N) is 3. The summed E-state index contributed by atoms with van der Waals surface area (Å²) in [5, 5.41) is 14.2. The highest BCUT2D eigenvalue weighted by molar-refractivity contribution is 6.31. The average Bonchev–Trinajstić information content (AvgIpc) is 2.95. The number of carboxylic acids is 1. The number of hydrogen-bond donors (Lipinski definition) is 1. The van der Waals surface area contributed by atoms with Crippen LogP contribution >= 0.6 is 11.6 Å². The number of halogens is 1. The van der Waals surface area contributed by atoms with Gasteiger partial charge in [0.1, 0.15) is 0 Å². The lowest BCUT2D eigenvalue weighted by Gasteiger charge is -2.29. The predicted molar refractivity (Wildman–Crippen MR) is 74.8 cm³/mol. The largest absolute Gasteiger partial charge is 0.481 e. The van der Waals surface area contributed by atoms with Crippen LogP contribution in [-0.4, -0.2) is 51.6 Å². The number of hydrogen-bond acceptors (Lipinski definition) is 4. The molecule has 0 aliphatic carbocycles. The monoisotopic (exact) mass is 301 g/mol. The lowest BCUT2D eigenvalue weighted by Crippen LogP contribution is -2.43. The van der Waals surface area contributed by atoms with E-state index in [1.165, 1.54) is 0 Å². The smallest absolute Gasteiger partial charge is 0.310 e. The highest BCUT2D eigenvalue weighted by Gasteiger charge is 2.37. The number of aromatic nitrogens is 2. The van der Waals surface area contributed by atoms with Crippen LogP contribution < -0.4 is 0 Å². The summed E-state index contributed by atoms with van der Waals surface area (Å²) in [5.41, 5.74) is 1.69. The van der Waals surface area contributed by atoms with Gasteiger partial charge in [0.05, 0.1) is 35.5 Å². The SMILES string of the molecule is CCN(Cc1c(Cl)c(C)nn1C)C1COCC1C(=O)O. The number of ether oxygens (including phenoxy) is 1. The van der Waals surface area contributed by atoms with E-state index >= 15 is 0 Å². The third kappa shape index (κ3) is 2.82. The number of carboxylic acid groups (broad SMARTS) is 1. The fraction of sp³-hybridized carbons (Fsp3) is 0.692. The predicted octanol–water partition coefficient (Wildman–Crippen LogP) is 1.30. The fourth-order valence-corrected chi connectivity index (χ4v) is 2.87. The summed E-state index contributed by atoms with van der Waals surface area (Å²) in [4.78, 5) is 13.4. The van der Waals surface area contributed by atoms with Gasteiger partial charge in [0.25, 0.3) is 0 Å². The van der Waals surface area contributed by atoms with E-state index in [4.69, 9.17) is 16.3 Å². The van der Waals surface area contributed by atoms with Crippen LogP contribution in [0, 0.1) is 12.8 Å². The first-order chi connectivity index (χ1) is 9.45. The van der Waals surface area contributed by atoms with Gasteiger partial charge >= 0.3 is 5.97 Å². The molecule has 0 bridgehead atoms. The molecule has 0 radical (unpaired) electrons. The van der Waals surface area contributed by atoms with Gasteiger partial charge in [0.2, 0.25) is 0 Å². The van der Waals surface area contributed by atoms with Gasteiger partial charge in [-0.2, -0.15) is 5.10 Å². The van der Waals surface area contributed by atoms with Gasteiger partial charge in [-0.15, -0.1) is 0 Å². The van der Waals surface area contributed by atoms with Gasteiger partial charge in [-0.05, 0) is 13.5 Å². The maximum absolute atomic E-state index is 11.3. The Labute approximate surface area is 123 Å². The van der Waals surface area contributed by atoms with E-state index in [2.05, 4.69) is 10.00 Å². The highest BCUT2D eigenvalue weighted by Crippen LogP contribution is 2.25. The van der Waals surface area contributed by atoms with Gasteiger partial charge in [0.15, 0.2) is 0 Å². The van der Waals surface area contributed by atoms with Crippen LogP contribution in [0.2, 0.25) is 5.02 Å². The van der Waals surface area contributed by atoms with Gasteiger partial charge in [-0.25, -0.2) is 0 Å². The van der Waals surface area contributed by atoms with Gasteiger partial charge in [-0.1, -0.05) is 18.5 Å². The molecule has 2 unspecified atom stereocenters. The molecule has 1 aliphatic rings. The Balaban J connectivity index is 2.18. The summed E-state index contributed by atoms with van der Waals surface area (Å²) in [6, 6.07) is -0.122. The second kappa shape index (κ2) is 6.11. The van der Waals surface area contributed by atoms with Crippen molar-refractivity contribution >= 4 is 17.6 Å². The first kappa shape index (κ1) is 15.3. The van der Waals surface area contributed by atoms with Gasteiger partial charge < -0.3 is 9.84 Å². The maximum Gasteiger partial charge on any atom is 0.310 e. The van der Waals surface area contributed by atoms with Crippen molar-refractivity contribution in [2.75, 3.05) is 19.8 Å². The van der Waals surface area contributed by atoms with Crippen molar-refractivity contribution in [3.63, 3.8) is 0 Å². The standard InChI is InChI=1S/C13H20ClN3O3/c1-4-17(11-7-20-6-9(11)13(18)19)5-10-12(14)8(2)15-16(10)3/h9,11H,4-7H2,1-3H3,(H,18,19). The zero-order valence-electron chi connectivity index (χ0n) is 12.0. The Kier molecular flexibility index (Phi) is 4.67. The number of likely N-dealkylation sites (N-methyl/N-ethyl adjacent to an activating group) is 1. The van der Waals surface area contributed by atoms with E-state index < -0.39 is 11.9 Å². The third-order valence-electron chi connectivity index (χ3n) is 3.86. The first-order valence-corrected chi connectivity index (χ1v) is 7.06. The molecule has 1 saturated heterocycles. The lowest BCUT2D eigenvalue weighted by molar-refractivity contribution is -0.143. The molecule has 1 aromatic rings. The van der Waals surface area contributed by atoms with Crippen molar-refractivity contribution in [3.05, 3.63) is 16.4 Å². The summed E-state index contributed by atoms with van der Waals surface area (Å²) >= 11 is 6.26. The van der Waals surface area contributed by atoms with Gasteiger partial charge in [-0.3, -0.25) is 14.4 Å². The normalized spacial score (nSPS) is 22.6. The highest BCUT2D eigenvalue weighted by atomic mass is 35.5. The van der Waals surface area contributed by atoms with Crippen molar-refractivity contribution in [1.82, 2.24) is 14.7 Å². The van der Waals surface area contributed by atoms with Crippen LogP contribution in [0.15, 0.2) is 0 Å². The number of carbonyl (C=O) groups is 1. The van der Waals surface area contributed by atoms with E-state index in [9.17, 15) is 9.90 Å². The Morgan fingerprint density at radius 1 is 1.60 bits per heavy atom. The molecule has 7 heteroatoms. The molecule has 0 amide bonds. The second-order valence-corrected chi connectivity index (χ2v) is 5.46. The van der Waals surface area contributed by atoms with E-state index in [-0.39, 0.29) is 12.6 Å². The quantitative estimate of drug-likeness (QED) is 0.888. The van der Waals surface area contributed by atoms with Gasteiger partial charge in [0, 0.05) is 19.6 Å². The van der Waals surface area contributed by atoms with E-state index in [1.807, 2.05) is 20.9 Å². The molecule has 0 aromatic carbocycles. The zero-order valence-corrected chi connectivity index (χ0v) is 12.7. The number of rotatable bonds is 5. The maximum atomic E-state index is 11.3. The zero-order chi connectivity index (χ0) is 14.9. The molecular weight excluding hydrogens is 282 g/mol. The molecule has 20 heavy (non-hydrogen) atoms.